The number of hydrogen-bond donors (Lipinski definition) is 0. The molecule has 1 saturated heterocycles. The van der Waals surface area contributed by atoms with Gasteiger partial charge in [0.05, 0.1) is 0 Å². The molecule has 0 N–H and O–H groups in total. The highest BCUT2D eigenvalue weighted by Gasteiger charge is 2.30. The van der Waals surface area contributed by atoms with Gasteiger partial charge in [0.25, 0.3) is 0 Å². The van der Waals surface area contributed by atoms with Gasteiger partial charge in [-0.3, -0.25) is 4.90 Å². The summed E-state index contributed by atoms with van der Waals surface area (Å²) in [6, 6.07) is 10.6. The summed E-state index contributed by atoms with van der Waals surface area (Å²) in [6.45, 7) is 4.50. The molecule has 4 nitrogen and oxygen atoms in total. The smallest absolute Gasteiger partial charge is 0.246 e. The molecule has 0 bridgehead atoms. The number of rotatable bonds is 4. The van der Waals surface area contributed by atoms with Crippen LogP contribution in [-0.2, 0) is 16.6 Å². The molecule has 0 aromatic heterocycles. The predicted molar refractivity (Wildman–Crippen MR) is 91.6 cm³/mol. The quantitative estimate of drug-likeness (QED) is 0.836. The van der Waals surface area contributed by atoms with Crippen molar-refractivity contribution in [2.24, 2.45) is 0 Å². The van der Waals surface area contributed by atoms with E-state index < -0.39 is 26.6 Å². The van der Waals surface area contributed by atoms with Crippen molar-refractivity contribution in [2.75, 3.05) is 26.2 Å². The Morgan fingerprint density at radius 2 is 1.68 bits per heavy atom. The molecule has 1 heterocycles. The highest BCUT2D eigenvalue weighted by molar-refractivity contribution is 7.89. The fraction of sp³-hybridized carbons (Fsp3) is 0.333. The molecule has 0 atom stereocenters. The summed E-state index contributed by atoms with van der Waals surface area (Å²) in [4.78, 5) is 1.70. The first kappa shape index (κ1) is 18.0. The highest BCUT2D eigenvalue weighted by Crippen LogP contribution is 2.22. The van der Waals surface area contributed by atoms with Gasteiger partial charge in [0.2, 0.25) is 10.0 Å². The molecule has 3 rings (SSSR count). The summed E-state index contributed by atoms with van der Waals surface area (Å²) >= 11 is 0. The van der Waals surface area contributed by atoms with Gasteiger partial charge in [-0.25, -0.2) is 17.2 Å². The number of nitrogens with zero attached hydrogens (tertiary/aromatic N) is 2. The SMILES string of the molecule is Cc1ccccc1CN1CCN(S(=O)(=O)c2ccc(F)cc2F)CC1. The molecular weight excluding hydrogens is 346 g/mol. The molecule has 1 aliphatic rings. The summed E-state index contributed by atoms with van der Waals surface area (Å²) in [5.41, 5.74) is 2.41. The van der Waals surface area contributed by atoms with Crippen LogP contribution in [0.5, 0.6) is 0 Å². The Morgan fingerprint density at radius 3 is 2.32 bits per heavy atom. The van der Waals surface area contributed by atoms with E-state index >= 15 is 0 Å². The van der Waals surface area contributed by atoms with E-state index in [0.717, 1.165) is 18.7 Å². The molecule has 0 unspecified atom stereocenters. The molecule has 134 valence electrons. The van der Waals surface area contributed by atoms with Crippen LogP contribution < -0.4 is 0 Å². The Kier molecular flexibility index (Phi) is 5.17. The lowest BCUT2D eigenvalue weighted by atomic mass is 10.1. The Labute approximate surface area is 146 Å². The molecule has 0 radical (unpaired) electrons. The van der Waals surface area contributed by atoms with Crippen molar-refractivity contribution in [3.63, 3.8) is 0 Å². The Balaban J connectivity index is 1.68. The number of piperazine rings is 1. The van der Waals surface area contributed by atoms with Gasteiger partial charge in [-0.2, -0.15) is 4.31 Å². The molecule has 2 aromatic carbocycles. The van der Waals surface area contributed by atoms with Crippen molar-refractivity contribution in [3.8, 4) is 0 Å². The monoisotopic (exact) mass is 366 g/mol. The Morgan fingerprint density at radius 1 is 1.00 bits per heavy atom. The predicted octanol–water partition coefficient (Wildman–Crippen LogP) is 2.78. The van der Waals surface area contributed by atoms with Crippen LogP contribution in [0.1, 0.15) is 11.1 Å². The lowest BCUT2D eigenvalue weighted by molar-refractivity contribution is 0.181. The maximum absolute atomic E-state index is 13.9. The number of halogens is 2. The lowest BCUT2D eigenvalue weighted by Crippen LogP contribution is -2.48. The first-order chi connectivity index (χ1) is 11.9. The number of aryl methyl sites for hydroxylation is 1. The van der Waals surface area contributed by atoms with Gasteiger partial charge in [0.1, 0.15) is 16.5 Å². The van der Waals surface area contributed by atoms with Crippen molar-refractivity contribution in [3.05, 3.63) is 65.2 Å². The largest absolute Gasteiger partial charge is 0.296 e. The molecule has 2 aromatic rings. The van der Waals surface area contributed by atoms with Gasteiger partial charge in [0.15, 0.2) is 0 Å². The van der Waals surface area contributed by atoms with Crippen molar-refractivity contribution in [1.29, 1.82) is 0 Å². The zero-order valence-corrected chi connectivity index (χ0v) is 14.8. The summed E-state index contributed by atoms with van der Waals surface area (Å²) < 4.78 is 53.3. The molecular formula is C18H20F2N2O2S. The van der Waals surface area contributed by atoms with E-state index in [4.69, 9.17) is 0 Å². The maximum Gasteiger partial charge on any atom is 0.246 e. The molecule has 0 spiro atoms. The van der Waals surface area contributed by atoms with Gasteiger partial charge in [0, 0.05) is 38.8 Å². The summed E-state index contributed by atoms with van der Waals surface area (Å²) in [5.74, 6) is -1.85. The minimum atomic E-state index is -3.95. The number of benzene rings is 2. The molecule has 7 heteroatoms. The molecule has 1 fully saturated rings. The first-order valence-corrected chi connectivity index (χ1v) is 9.54. The van der Waals surface area contributed by atoms with Gasteiger partial charge in [-0.15, -0.1) is 0 Å². The summed E-state index contributed by atoms with van der Waals surface area (Å²) in [6.07, 6.45) is 0. The lowest BCUT2D eigenvalue weighted by Gasteiger charge is -2.34. The second kappa shape index (κ2) is 7.19. The van der Waals surface area contributed by atoms with E-state index in [1.54, 1.807) is 0 Å². The van der Waals surface area contributed by atoms with Crippen LogP contribution in [0.3, 0.4) is 0 Å². The maximum atomic E-state index is 13.9. The molecule has 0 aliphatic carbocycles. The van der Waals surface area contributed by atoms with Crippen LogP contribution in [0.2, 0.25) is 0 Å². The molecule has 0 saturated carbocycles. The van der Waals surface area contributed by atoms with E-state index in [0.29, 0.717) is 19.2 Å². The van der Waals surface area contributed by atoms with Gasteiger partial charge >= 0.3 is 0 Å². The fourth-order valence-electron chi connectivity index (χ4n) is 2.98. The van der Waals surface area contributed by atoms with E-state index in [1.807, 2.05) is 25.1 Å². The van der Waals surface area contributed by atoms with Crippen LogP contribution in [0.15, 0.2) is 47.4 Å². The zero-order valence-electron chi connectivity index (χ0n) is 14.0. The van der Waals surface area contributed by atoms with E-state index in [2.05, 4.69) is 11.0 Å². The standard InChI is InChI=1S/C18H20F2N2O2S/c1-14-4-2-3-5-15(14)13-21-8-10-22(11-9-21)25(23,24)18-7-6-16(19)12-17(18)20/h2-7,12H,8-11,13H2,1H3. The van der Waals surface area contributed by atoms with E-state index in [1.165, 1.54) is 15.4 Å². The van der Waals surface area contributed by atoms with Gasteiger partial charge < -0.3 is 0 Å². The highest BCUT2D eigenvalue weighted by atomic mass is 32.2. The van der Waals surface area contributed by atoms with E-state index in [9.17, 15) is 17.2 Å². The molecule has 1 aliphatic heterocycles. The topological polar surface area (TPSA) is 40.6 Å². The second-order valence-corrected chi connectivity index (χ2v) is 8.09. The van der Waals surface area contributed by atoms with Crippen LogP contribution in [0.4, 0.5) is 8.78 Å². The number of hydrogen-bond acceptors (Lipinski definition) is 3. The second-order valence-electron chi connectivity index (χ2n) is 6.18. The number of sulfonamides is 1. The summed E-state index contributed by atoms with van der Waals surface area (Å²) in [5, 5.41) is 0. The fourth-order valence-corrected chi connectivity index (χ4v) is 4.45. The first-order valence-electron chi connectivity index (χ1n) is 8.10. The zero-order chi connectivity index (χ0) is 18.0. The van der Waals surface area contributed by atoms with Crippen molar-refractivity contribution < 1.29 is 17.2 Å². The third kappa shape index (κ3) is 3.89. The van der Waals surface area contributed by atoms with Gasteiger partial charge in [-0.1, -0.05) is 24.3 Å². The average molecular weight is 366 g/mol. The van der Waals surface area contributed by atoms with Gasteiger partial charge in [-0.05, 0) is 30.2 Å². The summed E-state index contributed by atoms with van der Waals surface area (Å²) in [7, 11) is -3.95. The van der Waals surface area contributed by atoms with Crippen LogP contribution in [0.25, 0.3) is 0 Å². The minimum absolute atomic E-state index is 0.283. The molecule has 0 amide bonds. The average Bonchev–Trinajstić information content (AvgIpc) is 2.57. The Hall–Kier alpha value is -1.83. The van der Waals surface area contributed by atoms with Crippen LogP contribution in [-0.4, -0.2) is 43.8 Å². The third-order valence-electron chi connectivity index (χ3n) is 4.50. The van der Waals surface area contributed by atoms with Crippen LogP contribution >= 0.6 is 0 Å². The molecule has 25 heavy (non-hydrogen) atoms. The Bertz CT molecular complexity index is 863. The van der Waals surface area contributed by atoms with E-state index in [-0.39, 0.29) is 13.1 Å². The minimum Gasteiger partial charge on any atom is -0.296 e. The third-order valence-corrected chi connectivity index (χ3v) is 6.43. The van der Waals surface area contributed by atoms with Crippen molar-refractivity contribution >= 4 is 10.0 Å². The van der Waals surface area contributed by atoms with Crippen molar-refractivity contribution in [1.82, 2.24) is 9.21 Å². The van der Waals surface area contributed by atoms with Crippen LogP contribution in [0, 0.1) is 18.6 Å². The normalized spacial score (nSPS) is 16.9. The van der Waals surface area contributed by atoms with Crippen molar-refractivity contribution in [2.45, 2.75) is 18.4 Å².